The number of hydrogen-bond acceptors (Lipinski definition) is 6. The van der Waals surface area contributed by atoms with E-state index in [1.165, 1.54) is 11.3 Å². The van der Waals surface area contributed by atoms with Gasteiger partial charge in [0, 0.05) is 24.8 Å². The van der Waals surface area contributed by atoms with Crippen LogP contribution in [0.3, 0.4) is 0 Å². The molecule has 8 heteroatoms. The van der Waals surface area contributed by atoms with E-state index in [9.17, 15) is 9.59 Å². The van der Waals surface area contributed by atoms with Gasteiger partial charge in [-0.2, -0.15) is 0 Å². The number of aryl methyl sites for hydroxylation is 1. The maximum Gasteiger partial charge on any atom is 0.227 e. The third kappa shape index (κ3) is 2.70. The predicted octanol–water partition coefficient (Wildman–Crippen LogP) is 1.96. The molecule has 0 radical (unpaired) electrons. The number of benzene rings is 1. The Morgan fingerprint density at radius 2 is 2.18 bits per heavy atom. The topological polar surface area (TPSA) is 88.8 Å². The molecule has 2 amide bonds. The van der Waals surface area contributed by atoms with Crippen LogP contribution in [-0.4, -0.2) is 51.5 Å². The molecule has 7 nitrogen and oxygen atoms in total. The normalized spacial score (nSPS) is 28.6. The molecule has 1 spiro atoms. The Morgan fingerprint density at radius 3 is 2.93 bits per heavy atom. The first-order valence-corrected chi connectivity index (χ1v) is 10.5. The minimum absolute atomic E-state index is 0.0508. The number of nitrogens with zero attached hydrogens (tertiary/aromatic N) is 3. The lowest BCUT2D eigenvalue weighted by Crippen LogP contribution is -2.48. The van der Waals surface area contributed by atoms with Gasteiger partial charge in [0.2, 0.25) is 11.8 Å². The molecule has 0 unspecified atom stereocenters. The fourth-order valence-corrected chi connectivity index (χ4v) is 5.38. The maximum absolute atomic E-state index is 12.9. The Bertz CT molecular complexity index is 917. The first-order chi connectivity index (χ1) is 13.6. The van der Waals surface area contributed by atoms with E-state index in [2.05, 4.69) is 4.98 Å². The number of likely N-dealkylation sites (tertiary alicyclic amines) is 1. The number of ether oxygens (including phenoxy) is 1. The van der Waals surface area contributed by atoms with Gasteiger partial charge < -0.3 is 20.3 Å². The number of anilines is 1. The first-order valence-electron chi connectivity index (χ1n) is 9.59. The van der Waals surface area contributed by atoms with Crippen molar-refractivity contribution in [3.63, 3.8) is 0 Å². The van der Waals surface area contributed by atoms with Crippen LogP contribution >= 0.6 is 11.3 Å². The van der Waals surface area contributed by atoms with E-state index in [1.807, 2.05) is 45.5 Å². The van der Waals surface area contributed by atoms with Crippen molar-refractivity contribution in [2.45, 2.75) is 43.6 Å². The van der Waals surface area contributed by atoms with Crippen LogP contribution in [0, 0.1) is 0 Å². The summed E-state index contributed by atoms with van der Waals surface area (Å²) in [5, 5.41) is 2.41. The number of carbonyl (C=O) groups is 2. The average Bonchev–Trinajstić information content (AvgIpc) is 3.43. The van der Waals surface area contributed by atoms with Gasteiger partial charge in [0.05, 0.1) is 24.7 Å². The molecule has 3 atom stereocenters. The van der Waals surface area contributed by atoms with Crippen LogP contribution in [0.25, 0.3) is 0 Å². The summed E-state index contributed by atoms with van der Waals surface area (Å²) in [6, 6.07) is 9.78. The van der Waals surface area contributed by atoms with Crippen molar-refractivity contribution in [2.24, 2.45) is 0 Å². The molecule has 3 saturated heterocycles. The molecule has 0 aliphatic carbocycles. The van der Waals surface area contributed by atoms with Gasteiger partial charge in [0.25, 0.3) is 0 Å². The summed E-state index contributed by atoms with van der Waals surface area (Å²) < 4.78 is 6.48. The van der Waals surface area contributed by atoms with E-state index in [0.29, 0.717) is 43.9 Å². The average molecular weight is 398 g/mol. The van der Waals surface area contributed by atoms with Crippen molar-refractivity contribution < 1.29 is 14.3 Å². The molecular formula is C20H22N4O3S. The molecule has 3 aliphatic heterocycles. The van der Waals surface area contributed by atoms with Gasteiger partial charge in [-0.15, -0.1) is 11.3 Å². The molecule has 28 heavy (non-hydrogen) atoms. The molecule has 4 heterocycles. The fraction of sp³-hybridized carbons (Fsp3) is 0.450. The van der Waals surface area contributed by atoms with E-state index in [4.69, 9.17) is 10.5 Å². The van der Waals surface area contributed by atoms with Crippen LogP contribution in [0.1, 0.15) is 36.6 Å². The highest BCUT2D eigenvalue weighted by Gasteiger charge is 2.64. The van der Waals surface area contributed by atoms with E-state index < -0.39 is 5.72 Å². The summed E-state index contributed by atoms with van der Waals surface area (Å²) in [5.74, 6) is 0.128. The lowest BCUT2D eigenvalue weighted by molar-refractivity contribution is -0.142. The van der Waals surface area contributed by atoms with Crippen LogP contribution in [0.2, 0.25) is 0 Å². The number of nitrogens with two attached hydrogens (primary N) is 1. The molecule has 3 fully saturated rings. The first kappa shape index (κ1) is 17.6. The number of amides is 2. The minimum atomic E-state index is -0.668. The smallest absolute Gasteiger partial charge is 0.227 e. The third-order valence-electron chi connectivity index (χ3n) is 6.08. The fourth-order valence-electron chi connectivity index (χ4n) is 4.78. The zero-order valence-electron chi connectivity index (χ0n) is 15.4. The molecular weight excluding hydrogens is 376 g/mol. The van der Waals surface area contributed by atoms with Crippen molar-refractivity contribution in [3.8, 4) is 0 Å². The molecule has 0 bridgehead atoms. The number of hydrogen-bond donors (Lipinski definition) is 1. The Balaban J connectivity index is 1.32. The van der Waals surface area contributed by atoms with Crippen LogP contribution in [0.15, 0.2) is 35.7 Å². The molecule has 0 saturated carbocycles. The zero-order valence-corrected chi connectivity index (χ0v) is 16.2. The van der Waals surface area contributed by atoms with Gasteiger partial charge in [-0.05, 0) is 12.0 Å². The largest absolute Gasteiger partial charge is 0.375 e. The van der Waals surface area contributed by atoms with Crippen LogP contribution in [-0.2, 0) is 20.7 Å². The predicted molar refractivity (Wildman–Crippen MR) is 104 cm³/mol. The quantitative estimate of drug-likeness (QED) is 0.851. The number of rotatable bonds is 4. The molecule has 146 valence electrons. The van der Waals surface area contributed by atoms with E-state index >= 15 is 0 Å². The summed E-state index contributed by atoms with van der Waals surface area (Å²) in [6.45, 7) is 1.17. The number of aromatic nitrogens is 1. The van der Waals surface area contributed by atoms with Crippen molar-refractivity contribution >= 4 is 28.3 Å². The number of thiazole rings is 1. The lowest BCUT2D eigenvalue weighted by Gasteiger charge is -2.32. The summed E-state index contributed by atoms with van der Waals surface area (Å²) in [7, 11) is 0. The standard InChI is InChI=1S/C20H22N4O3S/c21-19-22-14(12-28-19)6-7-17(25)23-9-8-20-16(23)10-18(26)24(20)11-15(27-20)13-4-2-1-3-5-13/h1-5,12,15-16H,6-11H2,(H2,21,22)/t15-,16-,20+/m1/s1. The van der Waals surface area contributed by atoms with Gasteiger partial charge >= 0.3 is 0 Å². The molecule has 5 rings (SSSR count). The van der Waals surface area contributed by atoms with Crippen molar-refractivity contribution in [1.82, 2.24) is 14.8 Å². The van der Waals surface area contributed by atoms with Gasteiger partial charge in [0.1, 0.15) is 6.10 Å². The highest BCUT2D eigenvalue weighted by Crippen LogP contribution is 2.50. The Labute approximate surface area is 167 Å². The SMILES string of the molecule is Nc1nc(CCC(=O)N2CC[C@@]34O[C@@H](c5ccccc5)CN3C(=O)C[C@@H]24)cs1. The van der Waals surface area contributed by atoms with E-state index in [1.54, 1.807) is 0 Å². The summed E-state index contributed by atoms with van der Waals surface area (Å²) in [6.07, 6.45) is 1.81. The second kappa shape index (κ2) is 6.56. The maximum atomic E-state index is 12.9. The Hall–Kier alpha value is -2.45. The van der Waals surface area contributed by atoms with Crippen LogP contribution in [0.4, 0.5) is 5.13 Å². The van der Waals surface area contributed by atoms with E-state index in [0.717, 1.165) is 11.3 Å². The molecule has 3 aliphatic rings. The van der Waals surface area contributed by atoms with Crippen LogP contribution in [0.5, 0.6) is 0 Å². The summed E-state index contributed by atoms with van der Waals surface area (Å²) >= 11 is 1.38. The highest BCUT2D eigenvalue weighted by atomic mass is 32.1. The van der Waals surface area contributed by atoms with Gasteiger partial charge in [-0.3, -0.25) is 9.59 Å². The summed E-state index contributed by atoms with van der Waals surface area (Å²) in [4.78, 5) is 33.5. The van der Waals surface area contributed by atoms with Crippen molar-refractivity contribution in [3.05, 3.63) is 47.0 Å². The Kier molecular flexibility index (Phi) is 4.13. The Morgan fingerprint density at radius 1 is 1.36 bits per heavy atom. The minimum Gasteiger partial charge on any atom is -0.375 e. The van der Waals surface area contributed by atoms with Gasteiger partial charge in [-0.25, -0.2) is 4.98 Å². The molecule has 2 N–H and O–H groups in total. The van der Waals surface area contributed by atoms with Gasteiger partial charge in [0.15, 0.2) is 10.9 Å². The second-order valence-electron chi connectivity index (χ2n) is 7.60. The second-order valence-corrected chi connectivity index (χ2v) is 8.49. The monoisotopic (exact) mass is 398 g/mol. The molecule has 1 aromatic heterocycles. The van der Waals surface area contributed by atoms with Gasteiger partial charge in [-0.1, -0.05) is 30.3 Å². The number of carbonyl (C=O) groups excluding carboxylic acids is 2. The summed E-state index contributed by atoms with van der Waals surface area (Å²) in [5.41, 5.74) is 6.91. The third-order valence-corrected chi connectivity index (χ3v) is 6.81. The molecule has 2 aromatic rings. The van der Waals surface area contributed by atoms with Crippen molar-refractivity contribution in [1.29, 1.82) is 0 Å². The molecule has 1 aromatic carbocycles. The van der Waals surface area contributed by atoms with Crippen molar-refractivity contribution in [2.75, 3.05) is 18.8 Å². The number of nitrogen functional groups attached to an aromatic ring is 1. The lowest BCUT2D eigenvalue weighted by atomic mass is 10.1. The zero-order chi connectivity index (χ0) is 19.3. The highest BCUT2D eigenvalue weighted by molar-refractivity contribution is 7.13. The van der Waals surface area contributed by atoms with Crippen LogP contribution < -0.4 is 5.73 Å². The van der Waals surface area contributed by atoms with E-state index in [-0.39, 0.29) is 24.0 Å².